The molecule has 258 valence electrons. The lowest BCUT2D eigenvalue weighted by atomic mass is 9.61. The summed E-state index contributed by atoms with van der Waals surface area (Å²) in [6.07, 6.45) is 5.28. The van der Waals surface area contributed by atoms with Gasteiger partial charge in [0.05, 0.1) is 17.7 Å². The largest absolute Gasteiger partial charge is 0.461 e. The van der Waals surface area contributed by atoms with E-state index in [0.29, 0.717) is 18.3 Å². The summed E-state index contributed by atoms with van der Waals surface area (Å²) in [5.74, 6) is 4.87. The van der Waals surface area contributed by atoms with E-state index in [1.54, 1.807) is 18.2 Å². The lowest BCUT2D eigenvalue weighted by Crippen LogP contribution is -2.36. The second kappa shape index (κ2) is 17.0. The van der Waals surface area contributed by atoms with Crippen molar-refractivity contribution < 1.29 is 36.8 Å². The van der Waals surface area contributed by atoms with E-state index in [4.69, 9.17) is 25.8 Å². The summed E-state index contributed by atoms with van der Waals surface area (Å²) in [6, 6.07) is 7.66. The number of hydrogen-bond donors (Lipinski definition) is 0. The maximum absolute atomic E-state index is 12.7. The Morgan fingerprint density at radius 1 is 1.10 bits per heavy atom. The van der Waals surface area contributed by atoms with Gasteiger partial charge in [0.25, 0.3) is 10.9 Å². The molecular weight excluding hydrogens is 658 g/mol. The fourth-order valence-corrected chi connectivity index (χ4v) is 7.49. The molecule has 4 atom stereocenters. The number of benzene rings is 1. The third kappa shape index (κ3) is 9.58. The highest BCUT2D eigenvalue weighted by atomic mass is 35.5. The molecule has 0 N–H and O–H groups in total. The normalized spacial score (nSPS) is 22.6. The van der Waals surface area contributed by atoms with Crippen LogP contribution in [-0.2, 0) is 28.9 Å². The zero-order valence-corrected chi connectivity index (χ0v) is 28.8. The van der Waals surface area contributed by atoms with Crippen molar-refractivity contribution >= 4 is 33.4 Å². The minimum absolute atomic E-state index is 0.00963. The first-order valence-electron chi connectivity index (χ1n) is 15.8. The van der Waals surface area contributed by atoms with Crippen LogP contribution in [0.3, 0.4) is 0 Å². The van der Waals surface area contributed by atoms with Crippen molar-refractivity contribution in [3.63, 3.8) is 0 Å². The third-order valence-electron chi connectivity index (χ3n) is 8.99. The fraction of sp³-hybridized carbons (Fsp3) is 0.486. The zero-order chi connectivity index (χ0) is 34.7. The summed E-state index contributed by atoms with van der Waals surface area (Å²) in [5.41, 5.74) is 2.21. The number of likely N-dealkylation sites (tertiary alicyclic amines) is 1. The Labute approximate surface area is 287 Å². The molecule has 0 amide bonds. The molecule has 1 aliphatic carbocycles. The number of halogens is 1. The molecule has 1 aromatic carbocycles. The molecule has 2 fully saturated rings. The van der Waals surface area contributed by atoms with Gasteiger partial charge >= 0.3 is 11.9 Å². The monoisotopic (exact) mass is 699 g/mol. The summed E-state index contributed by atoms with van der Waals surface area (Å²) in [7, 11) is -3.99. The van der Waals surface area contributed by atoms with Crippen molar-refractivity contribution in [3.05, 3.63) is 67.3 Å². The number of sulfone groups is 1. The van der Waals surface area contributed by atoms with Crippen molar-refractivity contribution in [3.8, 4) is 17.7 Å². The number of esters is 2. The lowest BCUT2D eigenvalue weighted by molar-refractivity contribution is -0.152. The number of nitrogens with zero attached hydrogens (tertiary/aromatic N) is 3. The SMILES string of the molecule is C=C[C@]1(C)CC[C@@H](C(=C)CN2CC[C@H](OC(=O)CCC(=O)OCC#CCOc3nonc3S(=O)(=O)c3ccccc3)C2)C[C@H]1C(=C)CCl. The van der Waals surface area contributed by atoms with Gasteiger partial charge in [-0.1, -0.05) is 67.3 Å². The first-order chi connectivity index (χ1) is 23.0. The van der Waals surface area contributed by atoms with Crippen LogP contribution in [0.5, 0.6) is 5.88 Å². The van der Waals surface area contributed by atoms with Gasteiger partial charge in [0.2, 0.25) is 9.84 Å². The quantitative estimate of drug-likeness (QED) is 0.105. The maximum atomic E-state index is 12.7. The molecular formula is C35H42ClN3O8S. The number of carbonyl (C=O) groups excluding carboxylic acids is 2. The minimum atomic E-state index is -3.99. The molecule has 2 aliphatic rings. The number of carbonyl (C=O) groups is 2. The van der Waals surface area contributed by atoms with E-state index in [1.807, 2.05) is 6.08 Å². The van der Waals surface area contributed by atoms with E-state index in [-0.39, 0.29) is 54.3 Å². The minimum Gasteiger partial charge on any atom is -0.461 e. The molecule has 0 radical (unpaired) electrons. The predicted octanol–water partition coefficient (Wildman–Crippen LogP) is 5.19. The van der Waals surface area contributed by atoms with E-state index < -0.39 is 26.8 Å². The first-order valence-corrected chi connectivity index (χ1v) is 17.8. The Morgan fingerprint density at radius 3 is 2.56 bits per heavy atom. The molecule has 2 heterocycles. The Kier molecular flexibility index (Phi) is 13.0. The van der Waals surface area contributed by atoms with E-state index in [1.165, 1.54) is 17.7 Å². The second-order valence-corrected chi connectivity index (χ2v) is 14.4. The van der Waals surface area contributed by atoms with Gasteiger partial charge in [-0.15, -0.1) is 18.2 Å². The molecule has 1 saturated heterocycles. The molecule has 11 nitrogen and oxygen atoms in total. The fourth-order valence-electron chi connectivity index (χ4n) is 6.11. The van der Waals surface area contributed by atoms with Gasteiger partial charge in [-0.2, -0.15) is 0 Å². The number of ether oxygens (including phenoxy) is 3. The summed E-state index contributed by atoms with van der Waals surface area (Å²) in [6.45, 7) is 16.6. The standard InChI is InChI=1S/C35H42ClN3O8S/c1-5-35(4)17-15-27(21-30(35)25(2)22-36)26(3)23-39-18-16-28(24-39)46-32(41)14-13-31(40)44-19-9-10-20-45-33-34(38-47-37-33)48(42,43)29-11-7-6-8-12-29/h5-8,11-12,27-28,30H,1-3,13-24H2,4H3/t27-,28+,30+,35-/m1/s1. The molecule has 1 saturated carbocycles. The van der Waals surface area contributed by atoms with Gasteiger partial charge < -0.3 is 14.2 Å². The van der Waals surface area contributed by atoms with E-state index in [0.717, 1.165) is 44.3 Å². The molecule has 1 aromatic heterocycles. The smallest absolute Gasteiger partial charge is 0.307 e. The van der Waals surface area contributed by atoms with Crippen molar-refractivity contribution in [2.75, 3.05) is 38.7 Å². The number of allylic oxidation sites excluding steroid dienone is 2. The van der Waals surface area contributed by atoms with Crippen LogP contribution in [0.1, 0.15) is 45.4 Å². The Bertz CT molecular complexity index is 1650. The van der Waals surface area contributed by atoms with Gasteiger partial charge in [-0.3, -0.25) is 14.5 Å². The molecule has 0 bridgehead atoms. The van der Waals surface area contributed by atoms with Gasteiger partial charge in [0.1, 0.15) is 6.10 Å². The van der Waals surface area contributed by atoms with Crippen molar-refractivity contribution in [1.29, 1.82) is 0 Å². The molecule has 0 unspecified atom stereocenters. The predicted molar refractivity (Wildman–Crippen MR) is 179 cm³/mol. The van der Waals surface area contributed by atoms with Crippen molar-refractivity contribution in [1.82, 2.24) is 15.2 Å². The highest BCUT2D eigenvalue weighted by Gasteiger charge is 2.40. The van der Waals surface area contributed by atoms with Crippen LogP contribution in [0, 0.1) is 29.1 Å². The topological polar surface area (TPSA) is 138 Å². The third-order valence-corrected chi connectivity index (χ3v) is 11.0. The number of rotatable bonds is 15. The van der Waals surface area contributed by atoms with E-state index in [9.17, 15) is 18.0 Å². The van der Waals surface area contributed by atoms with E-state index in [2.05, 4.69) is 58.3 Å². The molecule has 4 rings (SSSR count). The van der Waals surface area contributed by atoms with Crippen LogP contribution in [0.15, 0.2) is 81.8 Å². The average Bonchev–Trinajstić information content (AvgIpc) is 3.75. The summed E-state index contributed by atoms with van der Waals surface area (Å²) in [5, 5.41) is 6.47. The number of hydrogen-bond acceptors (Lipinski definition) is 11. The number of alkyl halides is 1. The molecule has 0 spiro atoms. The highest BCUT2D eigenvalue weighted by molar-refractivity contribution is 7.91. The summed E-state index contributed by atoms with van der Waals surface area (Å²) in [4.78, 5) is 26.8. The van der Waals surface area contributed by atoms with Crippen LogP contribution in [0.2, 0.25) is 0 Å². The second-order valence-electron chi connectivity index (χ2n) is 12.3. The Balaban J connectivity index is 1.11. The zero-order valence-electron chi connectivity index (χ0n) is 27.2. The molecule has 48 heavy (non-hydrogen) atoms. The molecule has 13 heteroatoms. The van der Waals surface area contributed by atoms with Crippen LogP contribution >= 0.6 is 11.6 Å². The Morgan fingerprint density at radius 2 is 1.83 bits per heavy atom. The maximum Gasteiger partial charge on any atom is 0.307 e. The van der Waals surface area contributed by atoms with Crippen molar-refractivity contribution in [2.45, 2.75) is 61.5 Å². The number of aromatic nitrogens is 2. The van der Waals surface area contributed by atoms with Gasteiger partial charge in [-0.25, -0.2) is 13.0 Å². The van der Waals surface area contributed by atoms with Crippen LogP contribution in [0.25, 0.3) is 0 Å². The summed E-state index contributed by atoms with van der Waals surface area (Å²) >= 11 is 6.15. The Hall–Kier alpha value is -3.92. The molecule has 1 aliphatic heterocycles. The highest BCUT2D eigenvalue weighted by Crippen LogP contribution is 2.49. The average molecular weight is 700 g/mol. The van der Waals surface area contributed by atoms with Gasteiger partial charge in [0, 0.05) is 25.5 Å². The van der Waals surface area contributed by atoms with Crippen LogP contribution in [0.4, 0.5) is 0 Å². The van der Waals surface area contributed by atoms with E-state index >= 15 is 0 Å². The van der Waals surface area contributed by atoms with Crippen LogP contribution in [-0.4, -0.2) is 80.4 Å². The van der Waals surface area contributed by atoms with Gasteiger partial charge in [-0.05, 0) is 65.4 Å². The van der Waals surface area contributed by atoms with Gasteiger partial charge in [0.15, 0.2) is 13.2 Å². The lowest BCUT2D eigenvalue weighted by Gasteiger charge is -2.44. The molecule has 2 aromatic rings. The van der Waals surface area contributed by atoms with Crippen LogP contribution < -0.4 is 4.74 Å². The summed E-state index contributed by atoms with van der Waals surface area (Å²) < 4.78 is 45.9. The van der Waals surface area contributed by atoms with Crippen molar-refractivity contribution in [2.24, 2.45) is 17.3 Å². The first kappa shape index (κ1) is 36.9.